The van der Waals surface area contributed by atoms with E-state index in [1.807, 2.05) is 0 Å². The smallest absolute Gasteiger partial charge is 0.354 e. The van der Waals surface area contributed by atoms with Crippen LogP contribution in [0.3, 0.4) is 0 Å². The molecule has 3 heterocycles. The Hall–Kier alpha value is -3.99. The molecule has 0 bridgehead atoms. The molecule has 1 fully saturated rings. The zero-order chi connectivity index (χ0) is 26.0. The third-order valence-corrected chi connectivity index (χ3v) is 6.29. The van der Waals surface area contributed by atoms with Gasteiger partial charge in [-0.3, -0.25) is 14.4 Å². The molecule has 3 aromatic heterocycles. The fourth-order valence-electron chi connectivity index (χ4n) is 4.19. The van der Waals surface area contributed by atoms with E-state index in [1.54, 1.807) is 25.1 Å². The Kier molecular flexibility index (Phi) is 7.20. The standard InChI is InChI=1S/C24H24ClN5O6/c1-30(2)23(33)13-5-3-12(4-6-13)21(31)29-19-18-16(9-8-15(27-18)24(34)35)36-20(19)22(32)28-17-10-7-14(25)11-26-17/h7-13H,3-6H2,1-2H3,(H,29,31)(H,34,35)(H,26,28,32). The molecule has 4 rings (SSSR count). The molecule has 3 aromatic rings. The molecule has 3 N–H and O–H groups in total. The van der Waals surface area contributed by atoms with Gasteiger partial charge in [0, 0.05) is 32.1 Å². The molecule has 0 saturated heterocycles. The first kappa shape index (κ1) is 25.1. The van der Waals surface area contributed by atoms with Gasteiger partial charge in [-0.25, -0.2) is 14.8 Å². The first-order chi connectivity index (χ1) is 17.1. The van der Waals surface area contributed by atoms with Crippen molar-refractivity contribution in [3.63, 3.8) is 0 Å². The van der Waals surface area contributed by atoms with Gasteiger partial charge in [0.25, 0.3) is 5.91 Å². The minimum Gasteiger partial charge on any atom is -0.477 e. The number of halogens is 1. The van der Waals surface area contributed by atoms with Crippen LogP contribution < -0.4 is 10.6 Å². The van der Waals surface area contributed by atoms with Gasteiger partial charge in [0.2, 0.25) is 17.6 Å². The number of carboxylic acid groups (broad SMARTS) is 1. The number of furan rings is 1. The number of carboxylic acids is 1. The fourth-order valence-corrected chi connectivity index (χ4v) is 4.30. The molecule has 188 valence electrons. The number of hydrogen-bond acceptors (Lipinski definition) is 7. The monoisotopic (exact) mass is 513 g/mol. The Bertz CT molecular complexity index is 1330. The molecule has 0 aliphatic heterocycles. The van der Waals surface area contributed by atoms with Crippen LogP contribution in [-0.4, -0.2) is 57.8 Å². The molecular weight excluding hydrogens is 490 g/mol. The normalized spacial score (nSPS) is 17.4. The number of aromatic carboxylic acids is 1. The molecule has 11 nitrogen and oxygen atoms in total. The Morgan fingerprint density at radius 2 is 1.72 bits per heavy atom. The molecule has 0 aromatic carbocycles. The summed E-state index contributed by atoms with van der Waals surface area (Å²) in [5.74, 6) is -2.88. The lowest BCUT2D eigenvalue weighted by Crippen LogP contribution is -2.35. The largest absolute Gasteiger partial charge is 0.477 e. The van der Waals surface area contributed by atoms with Gasteiger partial charge in [-0.2, -0.15) is 0 Å². The maximum absolute atomic E-state index is 13.2. The van der Waals surface area contributed by atoms with Gasteiger partial charge < -0.3 is 25.1 Å². The number of pyridine rings is 2. The first-order valence-electron chi connectivity index (χ1n) is 11.3. The quantitative estimate of drug-likeness (QED) is 0.451. The number of rotatable bonds is 6. The Labute approximate surface area is 210 Å². The minimum absolute atomic E-state index is 0.0314. The van der Waals surface area contributed by atoms with Crippen molar-refractivity contribution in [2.24, 2.45) is 11.8 Å². The lowest BCUT2D eigenvalue weighted by atomic mass is 9.81. The van der Waals surface area contributed by atoms with Crippen molar-refractivity contribution < 1.29 is 28.7 Å². The second kappa shape index (κ2) is 10.3. The van der Waals surface area contributed by atoms with Gasteiger partial charge in [0.1, 0.15) is 22.7 Å². The summed E-state index contributed by atoms with van der Waals surface area (Å²) in [5, 5.41) is 15.0. The highest BCUT2D eigenvalue weighted by atomic mass is 35.5. The van der Waals surface area contributed by atoms with Gasteiger partial charge in [0.05, 0.1) is 5.02 Å². The molecule has 3 amide bonds. The number of hydrogen-bond donors (Lipinski definition) is 3. The Morgan fingerprint density at radius 1 is 1.03 bits per heavy atom. The SMILES string of the molecule is CN(C)C(=O)C1CCC(C(=O)Nc2c(C(=O)Nc3ccc(Cl)cn3)oc3ccc(C(=O)O)nc23)CC1. The van der Waals surface area contributed by atoms with Crippen LogP contribution in [0, 0.1) is 11.8 Å². The van der Waals surface area contributed by atoms with Gasteiger partial charge in [-0.05, 0) is 49.9 Å². The molecule has 1 saturated carbocycles. The van der Waals surface area contributed by atoms with Crippen molar-refractivity contribution in [2.45, 2.75) is 25.7 Å². The van der Waals surface area contributed by atoms with Crippen molar-refractivity contribution in [1.29, 1.82) is 0 Å². The van der Waals surface area contributed by atoms with E-state index < -0.39 is 17.8 Å². The molecule has 0 unspecified atom stereocenters. The summed E-state index contributed by atoms with van der Waals surface area (Å²) < 4.78 is 5.67. The van der Waals surface area contributed by atoms with Crippen molar-refractivity contribution >= 4 is 57.9 Å². The maximum atomic E-state index is 13.2. The number of carbonyl (C=O) groups excluding carboxylic acids is 3. The number of amides is 3. The second-order valence-corrected chi connectivity index (χ2v) is 9.18. The van der Waals surface area contributed by atoms with Gasteiger partial charge >= 0.3 is 5.97 Å². The van der Waals surface area contributed by atoms with Gasteiger partial charge in [-0.1, -0.05) is 11.6 Å². The van der Waals surface area contributed by atoms with Crippen LogP contribution >= 0.6 is 11.6 Å². The Morgan fingerprint density at radius 3 is 2.33 bits per heavy atom. The zero-order valence-corrected chi connectivity index (χ0v) is 20.3. The summed E-state index contributed by atoms with van der Waals surface area (Å²) in [6.45, 7) is 0. The van der Waals surface area contributed by atoms with Gasteiger partial charge in [0.15, 0.2) is 5.58 Å². The predicted octanol–water partition coefficient (Wildman–Crippen LogP) is 3.66. The highest BCUT2D eigenvalue weighted by molar-refractivity contribution is 6.30. The van der Waals surface area contributed by atoms with Crippen molar-refractivity contribution in [3.05, 3.63) is 46.9 Å². The van der Waals surface area contributed by atoms with Crippen molar-refractivity contribution in [1.82, 2.24) is 14.9 Å². The average Bonchev–Trinajstić information content (AvgIpc) is 3.22. The number of aromatic nitrogens is 2. The molecule has 0 radical (unpaired) electrons. The molecule has 1 aliphatic carbocycles. The summed E-state index contributed by atoms with van der Waals surface area (Å²) in [6, 6.07) is 5.65. The second-order valence-electron chi connectivity index (χ2n) is 8.74. The molecular formula is C24H24ClN5O6. The van der Waals surface area contributed by atoms with E-state index in [-0.39, 0.29) is 51.8 Å². The number of fused-ring (bicyclic) bond motifs is 1. The van der Waals surface area contributed by atoms with Crippen LogP contribution in [0.1, 0.15) is 46.7 Å². The third-order valence-electron chi connectivity index (χ3n) is 6.06. The van der Waals surface area contributed by atoms with E-state index in [0.717, 1.165) is 0 Å². The summed E-state index contributed by atoms with van der Waals surface area (Å²) in [4.78, 5) is 59.5. The van der Waals surface area contributed by atoms with E-state index >= 15 is 0 Å². The maximum Gasteiger partial charge on any atom is 0.354 e. The lowest BCUT2D eigenvalue weighted by molar-refractivity contribution is -0.135. The molecule has 0 atom stereocenters. The topological polar surface area (TPSA) is 155 Å². The van der Waals surface area contributed by atoms with E-state index in [0.29, 0.717) is 30.7 Å². The fraction of sp³-hybridized carbons (Fsp3) is 0.333. The van der Waals surface area contributed by atoms with Gasteiger partial charge in [-0.15, -0.1) is 0 Å². The molecule has 12 heteroatoms. The van der Waals surface area contributed by atoms with Crippen LogP contribution in [0.4, 0.5) is 11.5 Å². The Balaban J connectivity index is 1.60. The number of nitrogens with zero attached hydrogens (tertiary/aromatic N) is 3. The van der Waals surface area contributed by atoms with E-state index in [9.17, 15) is 24.3 Å². The molecule has 0 spiro atoms. The minimum atomic E-state index is -1.27. The van der Waals surface area contributed by atoms with Crippen LogP contribution in [0.15, 0.2) is 34.9 Å². The van der Waals surface area contributed by atoms with Crippen LogP contribution in [-0.2, 0) is 9.59 Å². The van der Waals surface area contributed by atoms with Crippen molar-refractivity contribution in [3.8, 4) is 0 Å². The summed E-state index contributed by atoms with van der Waals surface area (Å²) >= 11 is 5.84. The van der Waals surface area contributed by atoms with E-state index in [2.05, 4.69) is 20.6 Å². The predicted molar refractivity (Wildman–Crippen MR) is 131 cm³/mol. The summed E-state index contributed by atoms with van der Waals surface area (Å²) in [7, 11) is 3.41. The highest BCUT2D eigenvalue weighted by Crippen LogP contribution is 2.34. The summed E-state index contributed by atoms with van der Waals surface area (Å²) in [5.41, 5.74) is -0.136. The summed E-state index contributed by atoms with van der Waals surface area (Å²) in [6.07, 6.45) is 3.48. The number of anilines is 2. The zero-order valence-electron chi connectivity index (χ0n) is 19.6. The van der Waals surface area contributed by atoms with Crippen LogP contribution in [0.25, 0.3) is 11.1 Å². The lowest BCUT2D eigenvalue weighted by Gasteiger charge is -2.28. The van der Waals surface area contributed by atoms with Crippen LogP contribution in [0.5, 0.6) is 0 Å². The number of nitrogens with one attached hydrogen (secondary N) is 2. The van der Waals surface area contributed by atoms with Crippen molar-refractivity contribution in [2.75, 3.05) is 24.7 Å². The van der Waals surface area contributed by atoms with Crippen LogP contribution in [0.2, 0.25) is 5.02 Å². The average molecular weight is 514 g/mol. The third kappa shape index (κ3) is 5.30. The van der Waals surface area contributed by atoms with E-state index in [4.69, 9.17) is 16.0 Å². The first-order valence-corrected chi connectivity index (χ1v) is 11.6. The molecule has 36 heavy (non-hydrogen) atoms. The highest BCUT2D eigenvalue weighted by Gasteiger charge is 2.32. The molecule has 1 aliphatic rings. The van der Waals surface area contributed by atoms with E-state index in [1.165, 1.54) is 24.4 Å². The number of carbonyl (C=O) groups is 4.